The van der Waals surface area contributed by atoms with E-state index in [0.29, 0.717) is 37.1 Å². The molecule has 1 atom stereocenters. The predicted molar refractivity (Wildman–Crippen MR) is 121 cm³/mol. The summed E-state index contributed by atoms with van der Waals surface area (Å²) >= 11 is 0. The summed E-state index contributed by atoms with van der Waals surface area (Å²) in [7, 11) is -3.64. The lowest BCUT2D eigenvalue weighted by atomic mass is 10.0. The number of piperidine rings is 1. The van der Waals surface area contributed by atoms with Gasteiger partial charge in [0.2, 0.25) is 5.91 Å². The maximum absolute atomic E-state index is 12.9. The van der Waals surface area contributed by atoms with Crippen molar-refractivity contribution < 1.29 is 18.0 Å². The Kier molecular flexibility index (Phi) is 6.01. The molecule has 8 nitrogen and oxygen atoms in total. The van der Waals surface area contributed by atoms with Crippen molar-refractivity contribution in [1.82, 2.24) is 14.9 Å². The summed E-state index contributed by atoms with van der Waals surface area (Å²) in [6.45, 7) is 4.59. The van der Waals surface area contributed by atoms with Gasteiger partial charge in [-0.15, -0.1) is 0 Å². The number of amides is 2. The van der Waals surface area contributed by atoms with Gasteiger partial charge in [-0.3, -0.25) is 19.3 Å². The number of carbonyl (C=O) groups is 2. The SMILES string of the molecule is Cc1ccccc1C(=O)NC1CCN(C(=O)[C@H](C)N=C2NS(=O)(=O)c3ccccc32)CC1. The van der Waals surface area contributed by atoms with Gasteiger partial charge in [0.05, 0.1) is 4.90 Å². The highest BCUT2D eigenvalue weighted by molar-refractivity contribution is 7.90. The molecule has 1 saturated heterocycles. The molecule has 0 saturated carbocycles. The lowest BCUT2D eigenvalue weighted by molar-refractivity contribution is -0.133. The van der Waals surface area contributed by atoms with Crippen molar-refractivity contribution >= 4 is 27.7 Å². The molecule has 2 aromatic rings. The Morgan fingerprint density at radius 2 is 1.75 bits per heavy atom. The van der Waals surface area contributed by atoms with Crippen molar-refractivity contribution in [3.8, 4) is 0 Å². The molecule has 32 heavy (non-hydrogen) atoms. The third-order valence-electron chi connectivity index (χ3n) is 5.87. The molecule has 0 aromatic heterocycles. The number of hydrogen-bond donors (Lipinski definition) is 2. The molecule has 2 amide bonds. The van der Waals surface area contributed by atoms with Gasteiger partial charge in [-0.1, -0.05) is 30.3 Å². The van der Waals surface area contributed by atoms with Crippen LogP contribution in [0.5, 0.6) is 0 Å². The summed E-state index contributed by atoms with van der Waals surface area (Å²) in [5.74, 6) is -0.0635. The van der Waals surface area contributed by atoms with Crippen LogP contribution < -0.4 is 10.0 Å². The summed E-state index contributed by atoms with van der Waals surface area (Å²) in [4.78, 5) is 31.7. The quantitative estimate of drug-likeness (QED) is 0.735. The van der Waals surface area contributed by atoms with E-state index in [4.69, 9.17) is 0 Å². The number of nitrogens with one attached hydrogen (secondary N) is 2. The van der Waals surface area contributed by atoms with Crippen LogP contribution in [0.3, 0.4) is 0 Å². The highest BCUT2D eigenvalue weighted by Gasteiger charge is 2.32. The molecular weight excluding hydrogens is 428 g/mol. The zero-order valence-electron chi connectivity index (χ0n) is 18.0. The van der Waals surface area contributed by atoms with Gasteiger partial charge in [0.25, 0.3) is 15.9 Å². The van der Waals surface area contributed by atoms with E-state index in [2.05, 4.69) is 15.0 Å². The Labute approximate surface area is 187 Å². The smallest absolute Gasteiger partial charge is 0.263 e. The number of fused-ring (bicyclic) bond motifs is 1. The molecule has 0 bridgehead atoms. The number of hydrogen-bond acceptors (Lipinski definition) is 5. The van der Waals surface area contributed by atoms with Crippen LogP contribution in [0.2, 0.25) is 0 Å². The Morgan fingerprint density at radius 1 is 1.09 bits per heavy atom. The van der Waals surface area contributed by atoms with Gasteiger partial charge in [0.15, 0.2) is 0 Å². The minimum atomic E-state index is -3.64. The van der Waals surface area contributed by atoms with Crippen molar-refractivity contribution in [1.29, 1.82) is 0 Å². The van der Waals surface area contributed by atoms with E-state index < -0.39 is 16.1 Å². The van der Waals surface area contributed by atoms with Crippen molar-refractivity contribution in [2.24, 2.45) is 4.99 Å². The van der Waals surface area contributed by atoms with Gasteiger partial charge >= 0.3 is 0 Å². The number of amidine groups is 1. The number of aryl methyl sites for hydroxylation is 1. The van der Waals surface area contributed by atoms with Gasteiger partial charge in [-0.25, -0.2) is 8.42 Å². The summed E-state index contributed by atoms with van der Waals surface area (Å²) in [5.41, 5.74) is 2.06. The van der Waals surface area contributed by atoms with E-state index >= 15 is 0 Å². The number of rotatable bonds is 4. The van der Waals surface area contributed by atoms with Crippen LogP contribution in [-0.4, -0.2) is 56.1 Å². The van der Waals surface area contributed by atoms with E-state index in [0.717, 1.165) is 5.56 Å². The van der Waals surface area contributed by atoms with Gasteiger partial charge in [0, 0.05) is 30.3 Å². The van der Waals surface area contributed by atoms with Crippen molar-refractivity contribution in [3.05, 3.63) is 65.2 Å². The zero-order valence-corrected chi connectivity index (χ0v) is 18.9. The van der Waals surface area contributed by atoms with Gasteiger partial charge in [-0.2, -0.15) is 0 Å². The second-order valence-corrected chi connectivity index (χ2v) is 9.79. The van der Waals surface area contributed by atoms with Crippen molar-refractivity contribution in [2.75, 3.05) is 13.1 Å². The normalized spacial score (nSPS) is 19.8. The third kappa shape index (κ3) is 4.38. The first-order chi connectivity index (χ1) is 15.3. The van der Waals surface area contributed by atoms with E-state index in [1.54, 1.807) is 36.1 Å². The molecule has 0 spiro atoms. The van der Waals surface area contributed by atoms with Crippen LogP contribution in [0.4, 0.5) is 0 Å². The standard InChI is InChI=1S/C23H26N4O4S/c1-15-7-3-4-8-18(15)22(28)25-17-11-13-27(14-12-17)23(29)16(2)24-21-19-9-5-6-10-20(19)32(30,31)26-21/h3-10,16-17H,11-14H2,1-2H3,(H,24,26)(H,25,28)/t16-/m0/s1. The number of carbonyl (C=O) groups excluding carboxylic acids is 2. The largest absolute Gasteiger partial charge is 0.349 e. The fourth-order valence-electron chi connectivity index (χ4n) is 4.08. The molecule has 0 aliphatic carbocycles. The van der Waals surface area contributed by atoms with Crippen molar-refractivity contribution in [3.63, 3.8) is 0 Å². The molecule has 168 valence electrons. The van der Waals surface area contributed by atoms with Crippen LogP contribution in [0.15, 0.2) is 58.4 Å². The Hall–Kier alpha value is -3.20. The van der Waals surface area contributed by atoms with Crippen LogP contribution in [-0.2, 0) is 14.8 Å². The van der Waals surface area contributed by atoms with E-state index in [-0.39, 0.29) is 28.6 Å². The molecule has 0 radical (unpaired) electrons. The first-order valence-electron chi connectivity index (χ1n) is 10.6. The molecule has 9 heteroatoms. The monoisotopic (exact) mass is 454 g/mol. The summed E-state index contributed by atoms with van der Waals surface area (Å²) in [6.07, 6.45) is 1.31. The number of likely N-dealkylation sites (tertiary alicyclic amines) is 1. The minimum Gasteiger partial charge on any atom is -0.349 e. The number of nitrogens with zero attached hydrogens (tertiary/aromatic N) is 2. The number of aliphatic imine (C=N–C) groups is 1. The summed E-state index contributed by atoms with van der Waals surface area (Å²) in [6, 6.07) is 13.3. The number of benzene rings is 2. The first kappa shape index (κ1) is 22.0. The van der Waals surface area contributed by atoms with Crippen LogP contribution in [0.25, 0.3) is 0 Å². The molecule has 2 heterocycles. The van der Waals surface area contributed by atoms with E-state index in [9.17, 15) is 18.0 Å². The van der Waals surface area contributed by atoms with E-state index in [1.165, 1.54) is 6.07 Å². The average molecular weight is 455 g/mol. The average Bonchev–Trinajstić information content (AvgIpc) is 3.04. The fraction of sp³-hybridized carbons (Fsp3) is 0.348. The van der Waals surface area contributed by atoms with Gasteiger partial charge < -0.3 is 10.2 Å². The zero-order chi connectivity index (χ0) is 22.9. The molecule has 2 aromatic carbocycles. The predicted octanol–water partition coefficient (Wildman–Crippen LogP) is 1.84. The topological polar surface area (TPSA) is 108 Å². The number of sulfonamides is 1. The first-order valence-corrected chi connectivity index (χ1v) is 12.1. The Bertz CT molecular complexity index is 1180. The Balaban J connectivity index is 1.36. The van der Waals surface area contributed by atoms with E-state index in [1.807, 2.05) is 25.1 Å². The highest BCUT2D eigenvalue weighted by atomic mass is 32.2. The molecular formula is C23H26N4O4S. The fourth-order valence-corrected chi connectivity index (χ4v) is 5.32. The van der Waals surface area contributed by atoms with Gasteiger partial charge in [0.1, 0.15) is 11.9 Å². The maximum atomic E-state index is 12.9. The Morgan fingerprint density at radius 3 is 2.47 bits per heavy atom. The minimum absolute atomic E-state index is 0.00120. The van der Waals surface area contributed by atoms with Crippen LogP contribution >= 0.6 is 0 Å². The molecule has 4 rings (SSSR count). The molecule has 2 N–H and O–H groups in total. The highest BCUT2D eigenvalue weighted by Crippen LogP contribution is 2.23. The van der Waals surface area contributed by atoms with Crippen molar-refractivity contribution in [2.45, 2.75) is 43.7 Å². The molecule has 2 aliphatic rings. The lowest BCUT2D eigenvalue weighted by Crippen LogP contribution is -2.48. The van der Waals surface area contributed by atoms with Crippen LogP contribution in [0, 0.1) is 6.92 Å². The molecule has 1 fully saturated rings. The lowest BCUT2D eigenvalue weighted by Gasteiger charge is -2.33. The third-order valence-corrected chi connectivity index (χ3v) is 7.27. The summed E-state index contributed by atoms with van der Waals surface area (Å²) in [5, 5.41) is 3.06. The second kappa shape index (κ2) is 8.74. The maximum Gasteiger partial charge on any atom is 0.263 e. The molecule has 2 aliphatic heterocycles. The summed E-state index contributed by atoms with van der Waals surface area (Å²) < 4.78 is 26.9. The van der Waals surface area contributed by atoms with Gasteiger partial charge in [-0.05, 0) is 50.5 Å². The molecule has 0 unspecified atom stereocenters. The van der Waals surface area contributed by atoms with Crippen LogP contribution in [0.1, 0.15) is 41.3 Å². The second-order valence-electron chi connectivity index (χ2n) is 8.14.